The second kappa shape index (κ2) is 6.88. The van der Waals surface area contributed by atoms with E-state index in [0.717, 1.165) is 25.2 Å². The largest absolute Gasteiger partial charge is 0.481 e. The number of anilines is 1. The molecule has 2 aromatic rings. The fourth-order valence-electron chi connectivity index (χ4n) is 4.32. The first kappa shape index (κ1) is 17.7. The topological polar surface area (TPSA) is 91.5 Å². The van der Waals surface area contributed by atoms with Crippen molar-refractivity contribution in [2.45, 2.75) is 49.5 Å². The van der Waals surface area contributed by atoms with Crippen LogP contribution in [0.5, 0.6) is 0 Å². The van der Waals surface area contributed by atoms with Gasteiger partial charge in [0.15, 0.2) is 5.82 Å². The van der Waals surface area contributed by atoms with Gasteiger partial charge in [0.1, 0.15) is 0 Å². The van der Waals surface area contributed by atoms with Crippen molar-refractivity contribution in [1.29, 1.82) is 0 Å². The van der Waals surface area contributed by atoms with Crippen LogP contribution in [-0.2, 0) is 10.2 Å². The molecule has 28 heavy (non-hydrogen) atoms. The number of piperidine rings is 1. The molecule has 2 N–H and O–H groups in total. The summed E-state index contributed by atoms with van der Waals surface area (Å²) in [5.41, 5.74) is 1.42. The monoisotopic (exact) mass is 382 g/mol. The number of aromatic nitrogens is 2. The van der Waals surface area contributed by atoms with Gasteiger partial charge >= 0.3 is 12.0 Å². The van der Waals surface area contributed by atoms with E-state index in [0.29, 0.717) is 43.9 Å². The lowest BCUT2D eigenvalue weighted by Gasteiger charge is -2.28. The van der Waals surface area contributed by atoms with Crippen LogP contribution in [0.15, 0.2) is 34.9 Å². The predicted octanol–water partition coefficient (Wildman–Crippen LogP) is 2.55. The summed E-state index contributed by atoms with van der Waals surface area (Å²) in [4.78, 5) is 17.8. The Morgan fingerprint density at radius 3 is 2.68 bits per heavy atom. The van der Waals surface area contributed by atoms with Gasteiger partial charge in [0, 0.05) is 37.0 Å². The minimum Gasteiger partial charge on any atom is -0.481 e. The van der Waals surface area contributed by atoms with Gasteiger partial charge in [-0.15, -0.1) is 0 Å². The van der Waals surface area contributed by atoms with Crippen LogP contribution in [0.4, 0.5) is 6.01 Å². The van der Waals surface area contributed by atoms with E-state index in [1.807, 2.05) is 4.90 Å². The average molecular weight is 382 g/mol. The van der Waals surface area contributed by atoms with Gasteiger partial charge in [-0.3, -0.25) is 4.79 Å². The summed E-state index contributed by atoms with van der Waals surface area (Å²) in [5.74, 6) is 0.456. The zero-order valence-electron chi connectivity index (χ0n) is 15.9. The van der Waals surface area contributed by atoms with Gasteiger partial charge in [-0.1, -0.05) is 35.5 Å². The molecule has 5 rings (SSSR count). The second-order valence-electron chi connectivity index (χ2n) is 8.52. The van der Waals surface area contributed by atoms with Gasteiger partial charge in [0.05, 0.1) is 5.92 Å². The molecule has 0 spiro atoms. The summed E-state index contributed by atoms with van der Waals surface area (Å²) in [6, 6.07) is 11.8. The number of benzene rings is 1. The first-order valence-electron chi connectivity index (χ1n) is 10.2. The van der Waals surface area contributed by atoms with Crippen LogP contribution in [0.2, 0.25) is 0 Å². The highest BCUT2D eigenvalue weighted by atomic mass is 16.5. The van der Waals surface area contributed by atoms with Gasteiger partial charge in [0.25, 0.3) is 0 Å². The summed E-state index contributed by atoms with van der Waals surface area (Å²) in [6.07, 6.45) is 4.62. The number of aliphatic carboxylic acids is 1. The Labute approximate surface area is 164 Å². The molecular weight excluding hydrogens is 356 g/mol. The smallest absolute Gasteiger partial charge is 0.324 e. The lowest BCUT2D eigenvalue weighted by Crippen LogP contribution is -2.36. The summed E-state index contributed by atoms with van der Waals surface area (Å²) in [7, 11) is 0. The van der Waals surface area contributed by atoms with E-state index in [4.69, 9.17) is 9.63 Å². The molecule has 0 bridgehead atoms. The van der Waals surface area contributed by atoms with Gasteiger partial charge in [-0.2, -0.15) is 4.98 Å². The van der Waals surface area contributed by atoms with Gasteiger partial charge in [-0.25, -0.2) is 0 Å². The predicted molar refractivity (Wildman–Crippen MR) is 103 cm³/mol. The molecule has 3 aliphatic rings. The highest BCUT2D eigenvalue weighted by Gasteiger charge is 2.50. The maximum atomic E-state index is 11.1. The third-order valence-electron chi connectivity index (χ3n) is 6.58. The van der Waals surface area contributed by atoms with Crippen molar-refractivity contribution < 1.29 is 14.4 Å². The van der Waals surface area contributed by atoms with Crippen molar-refractivity contribution in [3.63, 3.8) is 0 Å². The first-order chi connectivity index (χ1) is 13.6. The number of rotatable bonds is 7. The van der Waals surface area contributed by atoms with E-state index in [2.05, 4.69) is 45.8 Å². The van der Waals surface area contributed by atoms with Crippen LogP contribution in [0.25, 0.3) is 0 Å². The van der Waals surface area contributed by atoms with E-state index >= 15 is 0 Å². The van der Waals surface area contributed by atoms with Crippen LogP contribution in [0.1, 0.15) is 49.4 Å². The Morgan fingerprint density at radius 1 is 1.25 bits per heavy atom. The molecule has 2 heterocycles. The van der Waals surface area contributed by atoms with Crippen LogP contribution in [0, 0.1) is 5.92 Å². The molecule has 0 radical (unpaired) electrons. The molecule has 7 heteroatoms. The number of hydrogen-bond donors (Lipinski definition) is 2. The van der Waals surface area contributed by atoms with Gasteiger partial charge in [-0.05, 0) is 37.7 Å². The zero-order chi connectivity index (χ0) is 19.1. The molecule has 1 aliphatic heterocycles. The maximum Gasteiger partial charge on any atom is 0.324 e. The molecular formula is C21H26N4O3. The standard InChI is InChI=1S/C21H26N4O3/c26-18(27)15-6-10-25(11-7-15)20-23-19(24-28-20)21(8-9-21)13-22-17-12-16(17)14-4-2-1-3-5-14/h1-5,15-17,22H,6-13H2,(H,26,27)/t16-,17+/m0/s1. The fourth-order valence-corrected chi connectivity index (χ4v) is 4.32. The Kier molecular flexibility index (Phi) is 4.34. The number of carbonyl (C=O) groups is 1. The number of carboxylic acids is 1. The zero-order valence-corrected chi connectivity index (χ0v) is 15.9. The lowest BCUT2D eigenvalue weighted by molar-refractivity contribution is -0.142. The molecule has 2 saturated carbocycles. The normalized spacial score (nSPS) is 26.2. The molecule has 7 nitrogen and oxygen atoms in total. The van der Waals surface area contributed by atoms with Crippen molar-refractivity contribution in [2.24, 2.45) is 5.92 Å². The van der Waals surface area contributed by atoms with Crippen LogP contribution in [-0.4, -0.2) is 46.9 Å². The summed E-state index contributed by atoms with van der Waals surface area (Å²) < 4.78 is 5.53. The van der Waals surface area contributed by atoms with Crippen molar-refractivity contribution in [2.75, 3.05) is 24.5 Å². The second-order valence-corrected chi connectivity index (χ2v) is 8.52. The Hall–Kier alpha value is -2.41. The summed E-state index contributed by atoms with van der Waals surface area (Å²) in [6.45, 7) is 2.20. The van der Waals surface area contributed by atoms with E-state index in [-0.39, 0.29) is 11.3 Å². The molecule has 0 amide bonds. The highest BCUT2D eigenvalue weighted by molar-refractivity contribution is 5.70. The summed E-state index contributed by atoms with van der Waals surface area (Å²) in [5, 5.41) is 17.1. The summed E-state index contributed by atoms with van der Waals surface area (Å²) >= 11 is 0. The highest BCUT2D eigenvalue weighted by Crippen LogP contribution is 2.48. The minimum absolute atomic E-state index is 0.00493. The molecule has 1 saturated heterocycles. The first-order valence-corrected chi connectivity index (χ1v) is 10.2. The van der Waals surface area contributed by atoms with Crippen LogP contribution in [0.3, 0.4) is 0 Å². The number of carboxylic acid groups (broad SMARTS) is 1. The Morgan fingerprint density at radius 2 is 2.00 bits per heavy atom. The van der Waals surface area contributed by atoms with Crippen molar-refractivity contribution in [3.8, 4) is 0 Å². The quantitative estimate of drug-likeness (QED) is 0.760. The minimum atomic E-state index is -0.706. The van der Waals surface area contributed by atoms with Crippen LogP contribution < -0.4 is 10.2 Å². The van der Waals surface area contributed by atoms with E-state index < -0.39 is 5.97 Å². The number of nitrogens with one attached hydrogen (secondary N) is 1. The number of hydrogen-bond acceptors (Lipinski definition) is 6. The van der Waals surface area contributed by atoms with Crippen molar-refractivity contribution in [1.82, 2.24) is 15.5 Å². The average Bonchev–Trinajstić information content (AvgIpc) is 3.64. The fraction of sp³-hybridized carbons (Fsp3) is 0.571. The van der Waals surface area contributed by atoms with Crippen LogP contribution >= 0.6 is 0 Å². The molecule has 1 aromatic carbocycles. The Bertz CT molecular complexity index is 840. The third kappa shape index (κ3) is 3.39. The van der Waals surface area contributed by atoms with E-state index in [1.54, 1.807) is 0 Å². The molecule has 2 aliphatic carbocycles. The SMILES string of the molecule is O=C(O)C1CCN(c2nc(C3(CN[C@@H]4C[C@H]4c4ccccc4)CC3)no2)CC1. The maximum absolute atomic E-state index is 11.1. The van der Waals surface area contributed by atoms with Crippen molar-refractivity contribution in [3.05, 3.63) is 41.7 Å². The Balaban J connectivity index is 1.17. The molecule has 2 atom stereocenters. The van der Waals surface area contributed by atoms with Crippen molar-refractivity contribution >= 4 is 12.0 Å². The molecule has 148 valence electrons. The lowest BCUT2D eigenvalue weighted by atomic mass is 9.97. The molecule has 0 unspecified atom stereocenters. The van der Waals surface area contributed by atoms with Gasteiger partial charge < -0.3 is 19.8 Å². The number of nitrogens with zero attached hydrogens (tertiary/aromatic N) is 3. The van der Waals surface area contributed by atoms with Gasteiger partial charge in [0.2, 0.25) is 0 Å². The van der Waals surface area contributed by atoms with E-state index in [9.17, 15) is 4.79 Å². The van der Waals surface area contributed by atoms with E-state index in [1.165, 1.54) is 12.0 Å². The molecule has 3 fully saturated rings. The molecule has 1 aromatic heterocycles. The third-order valence-corrected chi connectivity index (χ3v) is 6.58.